The van der Waals surface area contributed by atoms with Crippen LogP contribution in [-0.2, 0) is 10.5 Å². The molecule has 0 heterocycles. The predicted molar refractivity (Wildman–Crippen MR) is 135 cm³/mol. The zero-order valence-corrected chi connectivity index (χ0v) is 23.9. The van der Waals surface area contributed by atoms with Crippen molar-refractivity contribution < 1.29 is 15.4 Å². The van der Waals surface area contributed by atoms with Crippen LogP contribution < -0.4 is 10.6 Å². The molecule has 3 aromatic rings. The van der Waals surface area contributed by atoms with Gasteiger partial charge in [-0.3, -0.25) is 0 Å². The van der Waals surface area contributed by atoms with Crippen molar-refractivity contribution >= 4 is 57.9 Å². The van der Waals surface area contributed by atoms with E-state index in [1.165, 1.54) is 27.8 Å². The normalized spacial score (nSPS) is 10.1. The SMILES string of the molecule is Cc1c(C)c(C)[c-](C)c1C.OP(c1ccccc1)c1ccccc1.[I][Ir+][I]. The summed E-state index contributed by atoms with van der Waals surface area (Å²) in [5.41, 5.74) is 7.34. The quantitative estimate of drug-likeness (QED) is 0.174. The van der Waals surface area contributed by atoms with E-state index in [1.807, 2.05) is 60.7 Å². The van der Waals surface area contributed by atoms with Crippen LogP contribution in [0.4, 0.5) is 0 Å². The molecule has 0 unspecified atom stereocenters. The van der Waals surface area contributed by atoms with E-state index in [4.69, 9.17) is 0 Å². The second kappa shape index (κ2) is 13.5. The Balaban J connectivity index is 0.000000246. The fourth-order valence-electron chi connectivity index (χ4n) is 2.69. The molecule has 27 heavy (non-hydrogen) atoms. The van der Waals surface area contributed by atoms with Crippen LogP contribution in [0.1, 0.15) is 27.8 Å². The van der Waals surface area contributed by atoms with Crippen molar-refractivity contribution in [3.05, 3.63) is 88.5 Å². The molecule has 3 aromatic carbocycles. The Kier molecular flexibility index (Phi) is 12.7. The van der Waals surface area contributed by atoms with Crippen LogP contribution in [0.25, 0.3) is 0 Å². The molecule has 0 atom stereocenters. The Morgan fingerprint density at radius 1 is 0.741 bits per heavy atom. The van der Waals surface area contributed by atoms with Crippen molar-refractivity contribution in [1.82, 2.24) is 0 Å². The summed E-state index contributed by atoms with van der Waals surface area (Å²) in [5.74, 6) is 0. The molecule has 3 rings (SSSR count). The van der Waals surface area contributed by atoms with E-state index in [-0.39, 0.29) is 0 Å². The summed E-state index contributed by atoms with van der Waals surface area (Å²) in [7, 11) is -0.731. The van der Waals surface area contributed by atoms with E-state index < -0.39 is 8.15 Å². The van der Waals surface area contributed by atoms with E-state index in [0.29, 0.717) is 10.5 Å². The molecule has 0 aliphatic rings. The Bertz CT molecular complexity index is 684. The summed E-state index contributed by atoms with van der Waals surface area (Å²) in [6.45, 7) is 11.0. The average Bonchev–Trinajstić information content (AvgIpc) is 2.87. The first-order valence-corrected chi connectivity index (χ1v) is 23.3. The van der Waals surface area contributed by atoms with Crippen LogP contribution in [0, 0.1) is 34.6 Å². The van der Waals surface area contributed by atoms with Crippen molar-refractivity contribution in [2.75, 3.05) is 0 Å². The Morgan fingerprint density at radius 3 is 1.26 bits per heavy atom. The van der Waals surface area contributed by atoms with Gasteiger partial charge in [-0.15, -0.1) is 0 Å². The van der Waals surface area contributed by atoms with Gasteiger partial charge in [-0.05, 0) is 0 Å². The number of hydrogen-bond donors (Lipinski definition) is 1. The molecule has 0 spiro atoms. The fourth-order valence-corrected chi connectivity index (χ4v) is 3.90. The van der Waals surface area contributed by atoms with Gasteiger partial charge in [0.1, 0.15) is 0 Å². The van der Waals surface area contributed by atoms with Crippen molar-refractivity contribution in [3.8, 4) is 0 Å². The molecular formula is C22H26I2IrOP. The summed E-state index contributed by atoms with van der Waals surface area (Å²) in [6.07, 6.45) is 0. The van der Waals surface area contributed by atoms with Crippen molar-refractivity contribution in [1.29, 1.82) is 0 Å². The molecule has 1 nitrogen and oxygen atoms in total. The first-order chi connectivity index (χ1) is 12.8. The third kappa shape index (κ3) is 7.91. The van der Waals surface area contributed by atoms with Gasteiger partial charge in [0, 0.05) is 10.6 Å². The molecule has 1 N–H and O–H groups in total. The predicted octanol–water partition coefficient (Wildman–Crippen LogP) is 6.74. The zero-order valence-electron chi connectivity index (χ0n) is 16.3. The summed E-state index contributed by atoms with van der Waals surface area (Å²) < 4.78 is 0. The van der Waals surface area contributed by atoms with Gasteiger partial charge in [0.05, 0.1) is 8.15 Å². The standard InChI is InChI=1S/C12H11OP.C10H15.2HI.Ir/c13-14(11-7-3-1-4-8-11)12-9-5-2-6-10-12;1-6-7(2)9(4)10(5)8(6)3;;;/h1-10,13H;1-5H3;2*1H;/q;-1;;;+3/p-2. The third-order valence-corrected chi connectivity index (χ3v) is 6.39. The van der Waals surface area contributed by atoms with Crippen molar-refractivity contribution in [2.45, 2.75) is 34.6 Å². The number of hydrogen-bond acceptors (Lipinski definition) is 1. The number of rotatable bonds is 2. The van der Waals surface area contributed by atoms with Gasteiger partial charge in [-0.1, -0.05) is 95.3 Å². The van der Waals surface area contributed by atoms with E-state index in [1.54, 1.807) is 0 Å². The Labute approximate surface area is 194 Å². The number of benzene rings is 2. The second-order valence-corrected chi connectivity index (χ2v) is 25.3. The Hall–Kier alpha value is 0.289. The first-order valence-electron chi connectivity index (χ1n) is 8.47. The Morgan fingerprint density at radius 2 is 1.04 bits per heavy atom. The molecule has 148 valence electrons. The van der Waals surface area contributed by atoms with Gasteiger partial charge < -0.3 is 4.89 Å². The molecule has 0 saturated heterocycles. The number of halogens is 2. The van der Waals surface area contributed by atoms with E-state index in [9.17, 15) is 4.89 Å². The van der Waals surface area contributed by atoms with Gasteiger partial charge in [-0.25, -0.2) is 0 Å². The molecule has 0 aromatic heterocycles. The molecular weight excluding hydrogens is 757 g/mol. The summed E-state index contributed by atoms with van der Waals surface area (Å²) in [6, 6.07) is 19.5. The van der Waals surface area contributed by atoms with Crippen LogP contribution in [0.3, 0.4) is 0 Å². The van der Waals surface area contributed by atoms with Crippen LogP contribution in [-0.4, -0.2) is 4.89 Å². The second-order valence-electron chi connectivity index (χ2n) is 6.16. The molecule has 0 bridgehead atoms. The van der Waals surface area contributed by atoms with Crippen molar-refractivity contribution in [3.63, 3.8) is 0 Å². The minimum absolute atomic E-state index is 0.440. The van der Waals surface area contributed by atoms with E-state index >= 15 is 0 Å². The van der Waals surface area contributed by atoms with Gasteiger partial charge in [0.2, 0.25) is 0 Å². The molecule has 0 aliphatic carbocycles. The minimum atomic E-state index is -1.17. The van der Waals surface area contributed by atoms with Gasteiger partial charge in [0.25, 0.3) is 0 Å². The molecule has 0 saturated carbocycles. The van der Waals surface area contributed by atoms with Gasteiger partial charge >= 0.3 is 49.7 Å². The van der Waals surface area contributed by atoms with E-state index in [0.717, 1.165) is 10.6 Å². The van der Waals surface area contributed by atoms with Gasteiger partial charge in [-0.2, -0.15) is 27.8 Å². The average molecular weight is 783 g/mol. The van der Waals surface area contributed by atoms with Crippen LogP contribution in [0.15, 0.2) is 60.7 Å². The van der Waals surface area contributed by atoms with Gasteiger partial charge in [0.15, 0.2) is 0 Å². The topological polar surface area (TPSA) is 20.2 Å². The molecule has 0 amide bonds. The molecule has 5 heteroatoms. The molecule has 0 fully saturated rings. The summed E-state index contributed by atoms with van der Waals surface area (Å²) >= 11 is 4.80. The summed E-state index contributed by atoms with van der Waals surface area (Å²) in [5, 5.41) is 1.99. The van der Waals surface area contributed by atoms with Crippen LogP contribution in [0.5, 0.6) is 0 Å². The zero-order chi connectivity index (χ0) is 20.4. The van der Waals surface area contributed by atoms with Crippen molar-refractivity contribution in [2.24, 2.45) is 0 Å². The third-order valence-electron chi connectivity index (χ3n) is 4.81. The maximum absolute atomic E-state index is 10.1. The monoisotopic (exact) mass is 784 g/mol. The first kappa shape index (κ1) is 25.3. The summed E-state index contributed by atoms with van der Waals surface area (Å²) in [4.78, 5) is 10.1. The van der Waals surface area contributed by atoms with E-state index in [2.05, 4.69) is 73.8 Å². The molecule has 0 radical (unpaired) electrons. The molecule has 0 aliphatic heterocycles. The van der Waals surface area contributed by atoms with Crippen LogP contribution in [0.2, 0.25) is 0 Å². The van der Waals surface area contributed by atoms with Crippen LogP contribution >= 0.6 is 47.3 Å². The maximum atomic E-state index is 10.1. The fraction of sp³-hybridized carbons (Fsp3) is 0.227.